The van der Waals surface area contributed by atoms with E-state index in [9.17, 15) is 4.79 Å². The van der Waals surface area contributed by atoms with E-state index in [0.717, 1.165) is 6.54 Å². The molecule has 0 saturated carbocycles. The molecule has 14 heavy (non-hydrogen) atoms. The van der Waals surface area contributed by atoms with Crippen LogP contribution in [0.4, 0.5) is 0 Å². The maximum absolute atomic E-state index is 11.5. The maximum Gasteiger partial charge on any atom is 0.270 e. The smallest absolute Gasteiger partial charge is 0.270 e. The van der Waals surface area contributed by atoms with Crippen molar-refractivity contribution in [2.45, 2.75) is 6.42 Å². The van der Waals surface area contributed by atoms with Crippen LogP contribution in [0, 0.1) is 5.92 Å². The van der Waals surface area contributed by atoms with E-state index in [0.29, 0.717) is 11.6 Å². The van der Waals surface area contributed by atoms with E-state index in [1.165, 1.54) is 29.3 Å². The molecule has 1 atom stereocenters. The summed E-state index contributed by atoms with van der Waals surface area (Å²) in [4.78, 5) is 15.5. The van der Waals surface area contributed by atoms with Gasteiger partial charge in [0.25, 0.3) is 5.91 Å². The van der Waals surface area contributed by atoms with Crippen LogP contribution >= 0.6 is 23.1 Å². The molecule has 0 aliphatic carbocycles. The lowest BCUT2D eigenvalue weighted by molar-refractivity contribution is 0.0944. The van der Waals surface area contributed by atoms with Crippen LogP contribution in [0.25, 0.3) is 0 Å². The lowest BCUT2D eigenvalue weighted by Crippen LogP contribution is -2.29. The van der Waals surface area contributed by atoms with Gasteiger partial charge in [0.05, 0.1) is 5.51 Å². The number of rotatable bonds is 3. The summed E-state index contributed by atoms with van der Waals surface area (Å²) in [5, 5.41) is 4.70. The number of aromatic nitrogens is 1. The molecule has 0 radical (unpaired) electrons. The molecule has 1 aliphatic heterocycles. The quantitative estimate of drug-likeness (QED) is 0.855. The van der Waals surface area contributed by atoms with Gasteiger partial charge in [-0.2, -0.15) is 11.8 Å². The number of hydrogen-bond acceptors (Lipinski definition) is 4. The Morgan fingerprint density at radius 3 is 3.29 bits per heavy atom. The Morgan fingerprint density at radius 2 is 2.64 bits per heavy atom. The highest BCUT2D eigenvalue weighted by Gasteiger charge is 2.16. The Morgan fingerprint density at radius 1 is 1.71 bits per heavy atom. The molecule has 0 aromatic carbocycles. The van der Waals surface area contributed by atoms with Gasteiger partial charge in [0, 0.05) is 11.9 Å². The van der Waals surface area contributed by atoms with Crippen LogP contribution in [0.2, 0.25) is 0 Å². The molecular weight excluding hydrogens is 216 g/mol. The first-order valence-electron chi connectivity index (χ1n) is 4.60. The van der Waals surface area contributed by atoms with Crippen molar-refractivity contribution in [2.75, 3.05) is 18.1 Å². The first kappa shape index (κ1) is 9.98. The number of thioether (sulfide) groups is 1. The molecule has 1 saturated heterocycles. The van der Waals surface area contributed by atoms with Crippen molar-refractivity contribution < 1.29 is 4.79 Å². The summed E-state index contributed by atoms with van der Waals surface area (Å²) in [5.41, 5.74) is 2.22. The molecule has 0 bridgehead atoms. The lowest BCUT2D eigenvalue weighted by atomic mass is 10.1. The topological polar surface area (TPSA) is 42.0 Å². The molecule has 1 N–H and O–H groups in total. The van der Waals surface area contributed by atoms with Gasteiger partial charge in [0.2, 0.25) is 0 Å². The molecule has 2 heterocycles. The number of amides is 1. The van der Waals surface area contributed by atoms with Crippen LogP contribution in [0.1, 0.15) is 16.9 Å². The van der Waals surface area contributed by atoms with Gasteiger partial charge < -0.3 is 5.32 Å². The van der Waals surface area contributed by atoms with E-state index < -0.39 is 0 Å². The molecule has 1 aliphatic rings. The van der Waals surface area contributed by atoms with Crippen molar-refractivity contribution in [3.8, 4) is 0 Å². The summed E-state index contributed by atoms with van der Waals surface area (Å²) < 4.78 is 0. The van der Waals surface area contributed by atoms with E-state index in [-0.39, 0.29) is 5.91 Å². The summed E-state index contributed by atoms with van der Waals surface area (Å²) >= 11 is 3.42. The van der Waals surface area contributed by atoms with Crippen molar-refractivity contribution in [3.05, 3.63) is 16.6 Å². The van der Waals surface area contributed by atoms with Gasteiger partial charge in [0.15, 0.2) is 0 Å². The minimum absolute atomic E-state index is 0.0387. The monoisotopic (exact) mass is 228 g/mol. The summed E-state index contributed by atoms with van der Waals surface area (Å²) in [6, 6.07) is 0. The predicted molar refractivity (Wildman–Crippen MR) is 59.9 cm³/mol. The molecule has 5 heteroatoms. The second kappa shape index (κ2) is 4.79. The Bertz CT molecular complexity index is 294. The largest absolute Gasteiger partial charge is 0.350 e. The molecule has 1 aromatic heterocycles. The van der Waals surface area contributed by atoms with Gasteiger partial charge in [-0.1, -0.05) is 0 Å². The van der Waals surface area contributed by atoms with Crippen LogP contribution in [0.5, 0.6) is 0 Å². The molecule has 3 nitrogen and oxygen atoms in total. The standard InChI is InChI=1S/C9H12N2OS2/c12-9(8-5-14-6-11-8)10-3-7-1-2-13-4-7/h5-7H,1-4H2,(H,10,12). The molecular formula is C9H12N2OS2. The summed E-state index contributed by atoms with van der Waals surface area (Å²) in [6.07, 6.45) is 1.22. The number of nitrogens with one attached hydrogen (secondary N) is 1. The molecule has 1 fully saturated rings. The Labute approximate surface area is 91.3 Å². The number of carbonyl (C=O) groups excluding carboxylic acids is 1. The van der Waals surface area contributed by atoms with Crippen molar-refractivity contribution in [2.24, 2.45) is 5.92 Å². The van der Waals surface area contributed by atoms with Gasteiger partial charge in [-0.3, -0.25) is 4.79 Å². The third-order valence-corrected chi connectivity index (χ3v) is 4.06. The second-order valence-electron chi connectivity index (χ2n) is 3.31. The fraction of sp³-hybridized carbons (Fsp3) is 0.556. The third kappa shape index (κ3) is 2.48. The highest BCUT2D eigenvalue weighted by atomic mass is 32.2. The van der Waals surface area contributed by atoms with Crippen molar-refractivity contribution in [1.29, 1.82) is 0 Å². The number of hydrogen-bond donors (Lipinski definition) is 1. The average molecular weight is 228 g/mol. The van der Waals surface area contributed by atoms with Crippen LogP contribution < -0.4 is 5.32 Å². The van der Waals surface area contributed by atoms with E-state index in [2.05, 4.69) is 10.3 Å². The Kier molecular flexibility index (Phi) is 3.42. The second-order valence-corrected chi connectivity index (χ2v) is 5.18. The molecule has 2 rings (SSSR count). The first-order chi connectivity index (χ1) is 6.86. The summed E-state index contributed by atoms with van der Waals surface area (Å²) in [7, 11) is 0. The molecule has 1 unspecified atom stereocenters. The normalized spacial score (nSPS) is 21.0. The Hall–Kier alpha value is -0.550. The fourth-order valence-electron chi connectivity index (χ4n) is 1.40. The number of thiazole rings is 1. The van der Waals surface area contributed by atoms with Crippen LogP contribution in [0.15, 0.2) is 10.9 Å². The van der Waals surface area contributed by atoms with Gasteiger partial charge in [-0.25, -0.2) is 4.98 Å². The lowest BCUT2D eigenvalue weighted by Gasteiger charge is -2.08. The number of nitrogens with zero attached hydrogens (tertiary/aromatic N) is 1. The van der Waals surface area contributed by atoms with Crippen molar-refractivity contribution in [1.82, 2.24) is 10.3 Å². The molecule has 1 aromatic rings. The first-order valence-corrected chi connectivity index (χ1v) is 6.70. The minimum Gasteiger partial charge on any atom is -0.350 e. The maximum atomic E-state index is 11.5. The zero-order valence-corrected chi connectivity index (χ0v) is 9.37. The SMILES string of the molecule is O=C(NCC1CCSC1)c1cscn1. The van der Waals surface area contributed by atoms with Crippen molar-refractivity contribution in [3.63, 3.8) is 0 Å². The van der Waals surface area contributed by atoms with E-state index >= 15 is 0 Å². The summed E-state index contributed by atoms with van der Waals surface area (Å²) in [5.74, 6) is 3.03. The average Bonchev–Trinajstić information content (AvgIpc) is 2.87. The summed E-state index contributed by atoms with van der Waals surface area (Å²) in [6.45, 7) is 0.795. The van der Waals surface area contributed by atoms with Crippen molar-refractivity contribution >= 4 is 29.0 Å². The molecule has 0 spiro atoms. The van der Waals surface area contributed by atoms with Gasteiger partial charge in [-0.05, 0) is 23.8 Å². The number of carbonyl (C=O) groups is 1. The zero-order chi connectivity index (χ0) is 9.80. The zero-order valence-electron chi connectivity index (χ0n) is 7.73. The Balaban J connectivity index is 1.78. The van der Waals surface area contributed by atoms with Crippen LogP contribution in [-0.2, 0) is 0 Å². The highest BCUT2D eigenvalue weighted by molar-refractivity contribution is 7.99. The predicted octanol–water partition coefficient (Wildman–Crippen LogP) is 1.63. The van der Waals surface area contributed by atoms with Gasteiger partial charge in [0.1, 0.15) is 5.69 Å². The van der Waals surface area contributed by atoms with Gasteiger partial charge in [-0.15, -0.1) is 11.3 Å². The minimum atomic E-state index is -0.0387. The molecule has 1 amide bonds. The van der Waals surface area contributed by atoms with E-state index in [4.69, 9.17) is 0 Å². The van der Waals surface area contributed by atoms with E-state index in [1.807, 2.05) is 11.8 Å². The van der Waals surface area contributed by atoms with Gasteiger partial charge >= 0.3 is 0 Å². The fourth-order valence-corrected chi connectivity index (χ4v) is 3.21. The van der Waals surface area contributed by atoms with E-state index in [1.54, 1.807) is 10.9 Å². The van der Waals surface area contributed by atoms with Crippen LogP contribution in [-0.4, -0.2) is 28.9 Å². The molecule has 76 valence electrons. The van der Waals surface area contributed by atoms with Crippen LogP contribution in [0.3, 0.4) is 0 Å². The highest BCUT2D eigenvalue weighted by Crippen LogP contribution is 2.22. The third-order valence-electron chi connectivity index (χ3n) is 2.24.